The van der Waals surface area contributed by atoms with E-state index in [1.165, 1.54) is 4.31 Å². The van der Waals surface area contributed by atoms with Gasteiger partial charge in [-0.1, -0.05) is 15.9 Å². The Hall–Kier alpha value is 0.350. The van der Waals surface area contributed by atoms with Gasteiger partial charge < -0.3 is 0 Å². The first-order valence-corrected chi connectivity index (χ1v) is 8.20. The minimum absolute atomic E-state index is 0.00865. The fraction of sp³-hybridized carbons (Fsp3) is 1.00. The van der Waals surface area contributed by atoms with Crippen molar-refractivity contribution in [3.8, 4) is 0 Å². The molecule has 0 amide bonds. The summed E-state index contributed by atoms with van der Waals surface area (Å²) in [4.78, 5) is 0. The van der Waals surface area contributed by atoms with E-state index in [4.69, 9.17) is 0 Å². The van der Waals surface area contributed by atoms with E-state index in [2.05, 4.69) is 15.9 Å². The molecule has 4 nitrogen and oxygen atoms in total. The number of nitrogens with zero attached hydrogens (tertiary/aromatic N) is 2. The van der Waals surface area contributed by atoms with Gasteiger partial charge in [0.15, 0.2) is 0 Å². The molecule has 96 valence electrons. The molecule has 0 spiro atoms. The molecule has 0 aromatic carbocycles. The molecule has 0 aromatic rings. The van der Waals surface area contributed by atoms with Crippen molar-refractivity contribution in [2.75, 3.05) is 25.5 Å². The van der Waals surface area contributed by atoms with Gasteiger partial charge in [-0.3, -0.25) is 0 Å². The van der Waals surface area contributed by atoms with Crippen molar-refractivity contribution in [2.24, 2.45) is 5.92 Å². The van der Waals surface area contributed by atoms with E-state index in [1.807, 2.05) is 13.8 Å². The maximum Gasteiger partial charge on any atom is 0.281 e. The molecule has 1 unspecified atom stereocenters. The summed E-state index contributed by atoms with van der Waals surface area (Å²) in [6, 6.07) is 0.00865. The second-order valence-electron chi connectivity index (χ2n) is 4.64. The molecule has 0 radical (unpaired) electrons. The molecule has 1 fully saturated rings. The van der Waals surface area contributed by atoms with E-state index in [0.29, 0.717) is 19.0 Å². The summed E-state index contributed by atoms with van der Waals surface area (Å²) in [5.41, 5.74) is 0. The van der Waals surface area contributed by atoms with Crippen LogP contribution in [0.2, 0.25) is 0 Å². The molecule has 1 saturated heterocycles. The van der Waals surface area contributed by atoms with E-state index in [0.717, 1.165) is 18.2 Å². The summed E-state index contributed by atoms with van der Waals surface area (Å²) in [5.74, 6) is 0.448. The standard InChI is InChI=1S/C10H21BrN2O2S/c1-9(2)12(3)16(14,15)13-6-4-5-10(7-11)8-13/h9-10H,4-8H2,1-3H3. The molecule has 1 aliphatic rings. The summed E-state index contributed by atoms with van der Waals surface area (Å²) in [6.07, 6.45) is 2.07. The SMILES string of the molecule is CC(C)N(C)S(=O)(=O)N1CCCC(CBr)C1. The van der Waals surface area contributed by atoms with Crippen LogP contribution in [-0.4, -0.2) is 48.5 Å². The number of hydrogen-bond donors (Lipinski definition) is 0. The lowest BCUT2D eigenvalue weighted by Crippen LogP contribution is -2.48. The maximum absolute atomic E-state index is 12.2. The van der Waals surface area contributed by atoms with Crippen LogP contribution in [0.25, 0.3) is 0 Å². The lowest BCUT2D eigenvalue weighted by atomic mass is 10.0. The second-order valence-corrected chi connectivity index (χ2v) is 7.27. The molecule has 16 heavy (non-hydrogen) atoms. The predicted octanol–water partition coefficient (Wildman–Crippen LogP) is 1.68. The zero-order valence-corrected chi connectivity index (χ0v) is 12.6. The smallest absolute Gasteiger partial charge is 0.195 e. The highest BCUT2D eigenvalue weighted by atomic mass is 79.9. The highest BCUT2D eigenvalue weighted by Gasteiger charge is 2.32. The van der Waals surface area contributed by atoms with Crippen LogP contribution in [-0.2, 0) is 10.2 Å². The first-order valence-electron chi connectivity index (χ1n) is 5.68. The predicted molar refractivity (Wildman–Crippen MR) is 69.9 cm³/mol. The highest BCUT2D eigenvalue weighted by molar-refractivity contribution is 9.09. The van der Waals surface area contributed by atoms with Crippen molar-refractivity contribution in [3.05, 3.63) is 0 Å². The van der Waals surface area contributed by atoms with Crippen molar-refractivity contribution in [3.63, 3.8) is 0 Å². The summed E-state index contributed by atoms with van der Waals surface area (Å²) >= 11 is 3.44. The Bertz CT molecular complexity index is 319. The van der Waals surface area contributed by atoms with Gasteiger partial charge in [-0.05, 0) is 32.6 Å². The molecule has 1 atom stereocenters. The van der Waals surface area contributed by atoms with Crippen LogP contribution in [0.4, 0.5) is 0 Å². The van der Waals surface area contributed by atoms with Crippen LogP contribution in [0, 0.1) is 5.92 Å². The van der Waals surface area contributed by atoms with Crippen molar-refractivity contribution in [1.29, 1.82) is 0 Å². The van der Waals surface area contributed by atoms with Gasteiger partial charge in [-0.25, -0.2) is 0 Å². The number of alkyl halides is 1. The van der Waals surface area contributed by atoms with Crippen LogP contribution in [0.3, 0.4) is 0 Å². The average molecular weight is 313 g/mol. The lowest BCUT2D eigenvalue weighted by Gasteiger charge is -2.35. The van der Waals surface area contributed by atoms with Gasteiger partial charge in [-0.2, -0.15) is 17.0 Å². The Morgan fingerprint density at radius 3 is 2.62 bits per heavy atom. The minimum Gasteiger partial charge on any atom is -0.195 e. The summed E-state index contributed by atoms with van der Waals surface area (Å²) in [7, 11) is -1.61. The summed E-state index contributed by atoms with van der Waals surface area (Å²) < 4.78 is 27.5. The first-order chi connectivity index (χ1) is 7.39. The van der Waals surface area contributed by atoms with E-state index < -0.39 is 10.2 Å². The minimum atomic E-state index is -3.26. The maximum atomic E-state index is 12.2. The van der Waals surface area contributed by atoms with Crippen LogP contribution in [0.5, 0.6) is 0 Å². The van der Waals surface area contributed by atoms with Gasteiger partial charge in [0.1, 0.15) is 0 Å². The average Bonchev–Trinajstić information content (AvgIpc) is 2.27. The van der Waals surface area contributed by atoms with Gasteiger partial charge in [-0.15, -0.1) is 0 Å². The van der Waals surface area contributed by atoms with Crippen molar-refractivity contribution < 1.29 is 8.42 Å². The number of rotatable bonds is 4. The van der Waals surface area contributed by atoms with Gasteiger partial charge >= 0.3 is 0 Å². The number of halogens is 1. The van der Waals surface area contributed by atoms with Crippen LogP contribution in [0.15, 0.2) is 0 Å². The highest BCUT2D eigenvalue weighted by Crippen LogP contribution is 2.22. The van der Waals surface area contributed by atoms with Crippen LogP contribution < -0.4 is 0 Å². The molecule has 1 aliphatic heterocycles. The van der Waals surface area contributed by atoms with Crippen molar-refractivity contribution >= 4 is 26.1 Å². The fourth-order valence-corrected chi connectivity index (χ4v) is 4.00. The molecule has 0 saturated carbocycles. The summed E-state index contributed by atoms with van der Waals surface area (Å²) in [5, 5.41) is 0.879. The lowest BCUT2D eigenvalue weighted by molar-refractivity contribution is 0.260. The third-order valence-corrected chi connectivity index (χ3v) is 6.17. The fourth-order valence-electron chi connectivity index (χ4n) is 1.81. The van der Waals surface area contributed by atoms with E-state index in [-0.39, 0.29) is 6.04 Å². The molecule has 0 aliphatic carbocycles. The third-order valence-electron chi connectivity index (χ3n) is 3.12. The first kappa shape index (κ1) is 14.4. The van der Waals surface area contributed by atoms with Crippen LogP contribution >= 0.6 is 15.9 Å². The van der Waals surface area contributed by atoms with Crippen molar-refractivity contribution in [2.45, 2.75) is 32.7 Å². The number of piperidine rings is 1. The largest absolute Gasteiger partial charge is 0.281 e. The third kappa shape index (κ3) is 3.18. The zero-order chi connectivity index (χ0) is 12.3. The molecule has 0 bridgehead atoms. The Balaban J connectivity index is 2.75. The van der Waals surface area contributed by atoms with Gasteiger partial charge in [0, 0.05) is 31.5 Å². The molecule has 1 heterocycles. The van der Waals surface area contributed by atoms with Crippen LogP contribution in [0.1, 0.15) is 26.7 Å². The number of hydrogen-bond acceptors (Lipinski definition) is 2. The normalized spacial score (nSPS) is 24.2. The molecular formula is C10H21BrN2O2S. The zero-order valence-electron chi connectivity index (χ0n) is 10.2. The van der Waals surface area contributed by atoms with E-state index in [1.54, 1.807) is 11.4 Å². The Morgan fingerprint density at radius 1 is 1.50 bits per heavy atom. The van der Waals surface area contributed by atoms with E-state index >= 15 is 0 Å². The van der Waals surface area contributed by atoms with E-state index in [9.17, 15) is 8.42 Å². The molecule has 1 rings (SSSR count). The molecule has 0 N–H and O–H groups in total. The monoisotopic (exact) mass is 312 g/mol. The summed E-state index contributed by atoms with van der Waals surface area (Å²) in [6.45, 7) is 5.08. The topological polar surface area (TPSA) is 40.6 Å². The quantitative estimate of drug-likeness (QED) is 0.741. The Morgan fingerprint density at radius 2 is 2.12 bits per heavy atom. The van der Waals surface area contributed by atoms with Gasteiger partial charge in [0.05, 0.1) is 0 Å². The Kier molecular flexibility index (Phi) is 5.22. The molecule has 6 heteroatoms. The molecular weight excluding hydrogens is 292 g/mol. The Labute approximate surface area is 107 Å². The van der Waals surface area contributed by atoms with Gasteiger partial charge in [0.2, 0.25) is 0 Å². The van der Waals surface area contributed by atoms with Crippen molar-refractivity contribution in [1.82, 2.24) is 8.61 Å². The molecule has 0 aromatic heterocycles. The van der Waals surface area contributed by atoms with Gasteiger partial charge in [0.25, 0.3) is 10.2 Å². The second kappa shape index (κ2) is 5.80.